The van der Waals surface area contributed by atoms with Crippen LogP contribution in [0.2, 0.25) is 5.02 Å². The van der Waals surface area contributed by atoms with Crippen LogP contribution in [0.3, 0.4) is 0 Å². The summed E-state index contributed by atoms with van der Waals surface area (Å²) in [6.45, 7) is 6.59. The van der Waals surface area contributed by atoms with E-state index < -0.39 is 21.8 Å². The van der Waals surface area contributed by atoms with Crippen molar-refractivity contribution in [3.63, 3.8) is 0 Å². The number of halogens is 1. The maximum Gasteiger partial charge on any atom is 0.329 e. The molecule has 2 aromatic carbocycles. The largest absolute Gasteiger partial charge is 0.370 e. The summed E-state index contributed by atoms with van der Waals surface area (Å²) in [6.07, 6.45) is 11.5. The number of nitrogens with zero attached hydrogens (tertiary/aromatic N) is 7. The molecule has 1 atom stereocenters. The zero-order chi connectivity index (χ0) is 43.8. The molecule has 5 fully saturated rings. The van der Waals surface area contributed by atoms with Crippen molar-refractivity contribution in [2.24, 2.45) is 18.4 Å². The Morgan fingerprint density at radius 2 is 1.67 bits per heavy atom. The summed E-state index contributed by atoms with van der Waals surface area (Å²) in [4.78, 5) is 65.6. The molecule has 15 nitrogen and oxygen atoms in total. The van der Waals surface area contributed by atoms with Gasteiger partial charge in [-0.15, -0.1) is 0 Å². The van der Waals surface area contributed by atoms with Gasteiger partial charge in [0.25, 0.3) is 5.56 Å². The Morgan fingerprint density at radius 1 is 0.921 bits per heavy atom. The van der Waals surface area contributed by atoms with Crippen LogP contribution in [0, 0.1) is 18.3 Å². The fourth-order valence-electron chi connectivity index (χ4n) is 11.3. The molecule has 0 radical (unpaired) electrons. The van der Waals surface area contributed by atoms with Crippen LogP contribution in [0.1, 0.15) is 94.7 Å². The van der Waals surface area contributed by atoms with Crippen LogP contribution in [-0.2, 0) is 26.5 Å². The number of rotatable bonds is 9. The van der Waals surface area contributed by atoms with Gasteiger partial charge in [-0.1, -0.05) is 30.5 Å². The molecule has 3 aliphatic heterocycles. The first-order valence-electron chi connectivity index (χ1n) is 22.5. The molecular weight excluding hydrogens is 842 g/mol. The predicted molar refractivity (Wildman–Crippen MR) is 243 cm³/mol. The molecule has 10 rings (SSSR count). The molecule has 5 aliphatic rings. The molecular formula is C46H54ClN9O6S. The van der Waals surface area contributed by atoms with Crippen molar-refractivity contribution < 1.29 is 18.0 Å². The number of carbonyl (C=O) groups is 2. The van der Waals surface area contributed by atoms with E-state index in [0.717, 1.165) is 101 Å². The quantitative estimate of drug-likeness (QED) is 0.162. The van der Waals surface area contributed by atoms with Gasteiger partial charge in [-0.3, -0.25) is 33.4 Å². The lowest BCUT2D eigenvalue weighted by Crippen LogP contribution is -2.52. The summed E-state index contributed by atoms with van der Waals surface area (Å²) in [5.74, 6) is 0.141. The number of aryl methyl sites for hydroxylation is 2. The van der Waals surface area contributed by atoms with Crippen molar-refractivity contribution in [1.29, 1.82) is 0 Å². The fraction of sp³-hybridized carbons (Fsp3) is 0.522. The second-order valence-electron chi connectivity index (χ2n) is 18.8. The van der Waals surface area contributed by atoms with E-state index in [-0.39, 0.29) is 45.3 Å². The number of anilines is 3. The van der Waals surface area contributed by atoms with Gasteiger partial charge in [0.05, 0.1) is 26.9 Å². The monoisotopic (exact) mass is 895 g/mol. The lowest BCUT2D eigenvalue weighted by molar-refractivity contribution is -0.135. The Bertz CT molecular complexity index is 2880. The number of hydrogen-bond donors (Lipinski definition) is 2. The number of nitrogens with one attached hydrogen (secondary N) is 2. The van der Waals surface area contributed by atoms with E-state index in [1.807, 2.05) is 19.1 Å². The highest BCUT2D eigenvalue weighted by atomic mass is 35.5. The maximum atomic E-state index is 13.9. The van der Waals surface area contributed by atoms with Crippen molar-refractivity contribution >= 4 is 72.6 Å². The summed E-state index contributed by atoms with van der Waals surface area (Å²) in [5, 5.41) is 6.12. The van der Waals surface area contributed by atoms with Crippen molar-refractivity contribution in [2.75, 3.05) is 42.9 Å². The van der Waals surface area contributed by atoms with Crippen molar-refractivity contribution in [1.82, 2.24) is 33.9 Å². The highest BCUT2D eigenvalue weighted by molar-refractivity contribution is 7.92. The molecule has 1 spiro atoms. The smallest absolute Gasteiger partial charge is 0.329 e. The van der Waals surface area contributed by atoms with Crippen LogP contribution in [0.5, 0.6) is 0 Å². The molecule has 332 valence electrons. The van der Waals surface area contributed by atoms with Gasteiger partial charge in [-0.2, -0.15) is 4.98 Å². The number of imidazole rings is 1. The lowest BCUT2D eigenvalue weighted by Gasteiger charge is -2.52. The molecule has 0 bridgehead atoms. The number of benzene rings is 2. The Labute approximate surface area is 370 Å². The molecule has 3 saturated heterocycles. The molecule has 3 aromatic heterocycles. The van der Waals surface area contributed by atoms with E-state index in [1.54, 1.807) is 51.2 Å². The minimum absolute atomic E-state index is 0.0484. The number of amides is 2. The average molecular weight is 897 g/mol. The normalized spacial score (nSPS) is 21.7. The molecule has 1 unspecified atom stereocenters. The van der Waals surface area contributed by atoms with E-state index in [0.29, 0.717) is 58.3 Å². The van der Waals surface area contributed by atoms with Gasteiger partial charge < -0.3 is 15.1 Å². The van der Waals surface area contributed by atoms with Crippen LogP contribution in [0.25, 0.3) is 22.1 Å². The second-order valence-corrected chi connectivity index (χ2v) is 21.4. The van der Waals surface area contributed by atoms with E-state index in [4.69, 9.17) is 16.6 Å². The van der Waals surface area contributed by atoms with Crippen LogP contribution >= 0.6 is 11.6 Å². The Hall–Kier alpha value is -5.06. The molecule has 2 aliphatic carbocycles. The third kappa shape index (κ3) is 7.54. The van der Waals surface area contributed by atoms with E-state index in [2.05, 4.69) is 31.5 Å². The number of hydrogen-bond acceptors (Lipinski definition) is 11. The SMILES string of the molecule is Cc1cc(S(=O)(=O)C2CC3(CCN(CC4CCN(c5cccc6c5n(C)c(=O)n6C5CCC(=O)NC5=O)CC4)CC3)C2)ccc1Nc1ncc2cc(Cl)c(=O)n(C3CCCC3)c2n1. The number of fused-ring (bicyclic) bond motifs is 2. The fourth-order valence-corrected chi connectivity index (χ4v) is 13.6. The van der Waals surface area contributed by atoms with Gasteiger partial charge in [0.1, 0.15) is 16.7 Å². The number of sulfone groups is 1. The van der Waals surface area contributed by atoms with Gasteiger partial charge in [0.2, 0.25) is 17.8 Å². The Kier molecular flexibility index (Phi) is 10.8. The number of aromatic nitrogens is 5. The zero-order valence-corrected chi connectivity index (χ0v) is 37.4. The van der Waals surface area contributed by atoms with Crippen LogP contribution in [0.15, 0.2) is 63.1 Å². The first kappa shape index (κ1) is 41.9. The summed E-state index contributed by atoms with van der Waals surface area (Å²) < 4.78 is 32.8. The van der Waals surface area contributed by atoms with Gasteiger partial charge in [-0.05, 0) is 131 Å². The highest BCUT2D eigenvalue weighted by Gasteiger charge is 2.51. The molecule has 5 aromatic rings. The van der Waals surface area contributed by atoms with Crippen LogP contribution in [0.4, 0.5) is 17.3 Å². The van der Waals surface area contributed by atoms with Gasteiger partial charge in [0.15, 0.2) is 9.84 Å². The molecule has 2 amide bonds. The molecule has 2 N–H and O–H groups in total. The summed E-state index contributed by atoms with van der Waals surface area (Å²) in [7, 11) is -1.76. The molecule has 6 heterocycles. The van der Waals surface area contributed by atoms with Crippen molar-refractivity contribution in [3.05, 3.63) is 80.1 Å². The van der Waals surface area contributed by atoms with E-state index in [1.165, 1.54) is 0 Å². The number of pyridine rings is 1. The standard InChI is InChI=1S/C46H54ClN9O6S/c1-28-22-32(10-11-35(28)49-44-48-26-30-23-34(47)43(59)55(41(30)51-44)31-6-3-4-7-31)63(61,62)33-24-46(25-33)16-20-53(21-17-46)27-29-14-18-54(19-15-29)36-8-5-9-37-40(36)52(2)45(60)56(37)38-12-13-39(57)50-42(38)58/h5,8-11,22-23,26,29,31,33,38H,3-4,6-7,12-21,24-25,27H2,1-2H3,(H,48,49,51)(H,50,57,58). The molecule has 63 heavy (non-hydrogen) atoms. The number of para-hydroxylation sites is 1. The first-order valence-corrected chi connectivity index (χ1v) is 24.4. The third-order valence-corrected chi connectivity index (χ3v) is 17.3. The summed E-state index contributed by atoms with van der Waals surface area (Å²) in [6, 6.07) is 12.0. The predicted octanol–water partition coefficient (Wildman–Crippen LogP) is 6.18. The molecule has 2 saturated carbocycles. The average Bonchev–Trinajstić information content (AvgIpc) is 3.88. The van der Waals surface area contributed by atoms with E-state index in [9.17, 15) is 27.6 Å². The number of likely N-dealkylation sites (tertiary alicyclic amines) is 1. The zero-order valence-electron chi connectivity index (χ0n) is 35.8. The second kappa shape index (κ2) is 16.2. The summed E-state index contributed by atoms with van der Waals surface area (Å²) >= 11 is 6.31. The highest BCUT2D eigenvalue weighted by Crippen LogP contribution is 2.53. The van der Waals surface area contributed by atoms with Gasteiger partial charge >= 0.3 is 5.69 Å². The number of imide groups is 1. The molecule has 17 heteroatoms. The Balaban J connectivity index is 0.731. The summed E-state index contributed by atoms with van der Waals surface area (Å²) in [5.41, 5.74) is 4.09. The number of carbonyl (C=O) groups excluding carboxylic acids is 2. The lowest BCUT2D eigenvalue weighted by atomic mass is 9.63. The minimum Gasteiger partial charge on any atom is -0.370 e. The van der Waals surface area contributed by atoms with Gasteiger partial charge in [0, 0.05) is 56.4 Å². The number of piperidine rings is 3. The third-order valence-electron chi connectivity index (χ3n) is 14.9. The maximum absolute atomic E-state index is 13.9. The van der Waals surface area contributed by atoms with Gasteiger partial charge in [-0.25, -0.2) is 18.2 Å². The minimum atomic E-state index is -3.51. The van der Waals surface area contributed by atoms with Crippen LogP contribution in [-0.4, -0.2) is 86.8 Å². The van der Waals surface area contributed by atoms with Crippen molar-refractivity contribution in [2.45, 2.75) is 106 Å². The van der Waals surface area contributed by atoms with E-state index >= 15 is 0 Å². The topological polar surface area (TPSA) is 174 Å². The van der Waals surface area contributed by atoms with Crippen LogP contribution < -0.4 is 26.8 Å². The Morgan fingerprint density at radius 3 is 2.38 bits per heavy atom. The van der Waals surface area contributed by atoms with Crippen molar-refractivity contribution in [3.8, 4) is 0 Å². The first-order chi connectivity index (χ1) is 30.3.